The van der Waals surface area contributed by atoms with Crippen LogP contribution in [0.2, 0.25) is 0 Å². The lowest BCUT2D eigenvalue weighted by Gasteiger charge is -2.14. The molecule has 0 aliphatic heterocycles. The van der Waals surface area contributed by atoms with E-state index in [1.54, 1.807) is 24.3 Å². The molecule has 0 N–H and O–H groups in total. The molecule has 0 saturated carbocycles. The zero-order valence-electron chi connectivity index (χ0n) is 21.9. The number of Topliss-reactive ketones (excluding diaryl/α,β-unsaturated/α-hetero) is 1. The fraction of sp³-hybridized carbons (Fsp3) is 0.0870. The Hall–Kier alpha value is -2.93. The molecule has 0 bridgehead atoms. The SMILES string of the molecule is [2H]c1c([2H])c([2H])c2c(c1[2H])c([2H])c(-c1ccccc1CC(C)=O)c1c([2H])c([2H])c([2H])c([2H])c12. The number of fused-ring (bicyclic) bond motifs is 3. The molecule has 4 aromatic rings. The first-order valence-corrected chi connectivity index (χ1v) is 7.49. The first-order valence-electron chi connectivity index (χ1n) is 12.0. The first-order chi connectivity index (χ1) is 15.5. The zero-order valence-corrected chi connectivity index (χ0v) is 12.9. The third-order valence-electron chi connectivity index (χ3n) is 3.85. The number of rotatable bonds is 3. The Labute approximate surface area is 154 Å². The molecule has 0 fully saturated rings. The predicted molar refractivity (Wildman–Crippen MR) is 101 cm³/mol. The van der Waals surface area contributed by atoms with Gasteiger partial charge in [0, 0.05) is 6.42 Å². The number of carbonyl (C=O) groups excluding carboxylic acids is 1. The van der Waals surface area contributed by atoms with Crippen molar-refractivity contribution in [3.63, 3.8) is 0 Å². The molecular formula is C23H18O. The molecule has 4 rings (SSSR count). The van der Waals surface area contributed by atoms with Gasteiger partial charge < -0.3 is 0 Å². The van der Waals surface area contributed by atoms with E-state index in [4.69, 9.17) is 12.3 Å². The van der Waals surface area contributed by atoms with Crippen molar-refractivity contribution in [3.8, 4) is 11.1 Å². The summed E-state index contributed by atoms with van der Waals surface area (Å²) in [6, 6.07) is 2.50. The molecule has 0 aliphatic carbocycles. The Balaban J connectivity index is 2.41. The Kier molecular flexibility index (Phi) is 1.92. The smallest absolute Gasteiger partial charge is 0.134 e. The van der Waals surface area contributed by atoms with E-state index in [-0.39, 0.29) is 45.4 Å². The summed E-state index contributed by atoms with van der Waals surface area (Å²) in [5.41, 5.74) is 1.06. The Morgan fingerprint density at radius 1 is 0.875 bits per heavy atom. The van der Waals surface area contributed by atoms with E-state index in [0.717, 1.165) is 0 Å². The Bertz CT molecular complexity index is 1510. The quantitative estimate of drug-likeness (QED) is 0.437. The molecule has 0 atom stereocenters. The fourth-order valence-electron chi connectivity index (χ4n) is 2.86. The number of hydrogen-bond acceptors (Lipinski definition) is 1. The van der Waals surface area contributed by atoms with E-state index < -0.39 is 48.3 Å². The predicted octanol–water partition coefficient (Wildman–Crippen LogP) is 5.79. The van der Waals surface area contributed by atoms with Crippen LogP contribution in [0.4, 0.5) is 0 Å². The molecule has 0 heterocycles. The van der Waals surface area contributed by atoms with Gasteiger partial charge in [-0.1, -0.05) is 72.6 Å². The minimum Gasteiger partial charge on any atom is -0.300 e. The van der Waals surface area contributed by atoms with Gasteiger partial charge in [0.05, 0.1) is 12.3 Å². The van der Waals surface area contributed by atoms with Crippen molar-refractivity contribution in [3.05, 3.63) is 84.2 Å². The van der Waals surface area contributed by atoms with E-state index in [9.17, 15) is 4.79 Å². The second kappa shape index (κ2) is 5.93. The minimum absolute atomic E-state index is 0.0143. The van der Waals surface area contributed by atoms with Crippen molar-refractivity contribution >= 4 is 27.3 Å². The van der Waals surface area contributed by atoms with Gasteiger partial charge in [0.15, 0.2) is 0 Å². The van der Waals surface area contributed by atoms with Crippen LogP contribution in [0.3, 0.4) is 0 Å². The highest BCUT2D eigenvalue weighted by atomic mass is 16.1. The fourth-order valence-corrected chi connectivity index (χ4v) is 2.86. The number of carbonyl (C=O) groups is 1. The highest BCUT2D eigenvalue weighted by Crippen LogP contribution is 2.36. The summed E-state index contributed by atoms with van der Waals surface area (Å²) in [6.07, 6.45) is 0.0350. The molecule has 1 heteroatoms. The number of benzene rings is 4. The van der Waals surface area contributed by atoms with Crippen LogP contribution in [0.5, 0.6) is 0 Å². The van der Waals surface area contributed by atoms with E-state index in [2.05, 4.69) is 0 Å². The maximum atomic E-state index is 11.9. The van der Waals surface area contributed by atoms with E-state index >= 15 is 0 Å². The van der Waals surface area contributed by atoms with Gasteiger partial charge in [0.1, 0.15) is 5.78 Å². The summed E-state index contributed by atoms with van der Waals surface area (Å²) in [7, 11) is 0. The van der Waals surface area contributed by atoms with Gasteiger partial charge in [0.2, 0.25) is 0 Å². The lowest BCUT2D eigenvalue weighted by Crippen LogP contribution is -1.99. The summed E-state index contributed by atoms with van der Waals surface area (Å²) in [5, 5.41) is -0.349. The van der Waals surface area contributed by atoms with E-state index in [1.165, 1.54) is 6.92 Å². The third kappa shape index (κ3) is 2.48. The molecule has 0 unspecified atom stereocenters. The largest absolute Gasteiger partial charge is 0.300 e. The van der Waals surface area contributed by atoms with Gasteiger partial charge in [-0.05, 0) is 51.2 Å². The lowest BCUT2D eigenvalue weighted by atomic mass is 9.90. The van der Waals surface area contributed by atoms with Gasteiger partial charge in [-0.25, -0.2) is 0 Å². The van der Waals surface area contributed by atoms with Gasteiger partial charge in [-0.2, -0.15) is 0 Å². The van der Waals surface area contributed by atoms with Crippen LogP contribution in [0, 0.1) is 0 Å². The van der Waals surface area contributed by atoms with Gasteiger partial charge in [-0.15, -0.1) is 0 Å². The highest BCUT2D eigenvalue weighted by Gasteiger charge is 2.12. The Morgan fingerprint density at radius 2 is 1.54 bits per heavy atom. The number of hydrogen-bond donors (Lipinski definition) is 0. The zero-order chi connectivity index (χ0) is 24.4. The summed E-state index contributed by atoms with van der Waals surface area (Å²) >= 11 is 0. The normalized spacial score (nSPS) is 16.3. The molecule has 24 heavy (non-hydrogen) atoms. The summed E-state index contributed by atoms with van der Waals surface area (Å²) < 4.78 is 75.4. The average molecular weight is 319 g/mol. The number of ketones is 1. The molecule has 0 radical (unpaired) electrons. The van der Waals surface area contributed by atoms with Crippen molar-refractivity contribution in [1.29, 1.82) is 0 Å². The van der Waals surface area contributed by atoms with Crippen molar-refractivity contribution in [2.45, 2.75) is 13.3 Å². The summed E-state index contributed by atoms with van der Waals surface area (Å²) in [4.78, 5) is 11.9. The van der Waals surface area contributed by atoms with Crippen LogP contribution in [0.15, 0.2) is 78.6 Å². The van der Waals surface area contributed by atoms with Gasteiger partial charge >= 0.3 is 0 Å². The first kappa shape index (κ1) is 7.76. The molecule has 0 spiro atoms. The Morgan fingerprint density at radius 3 is 2.33 bits per heavy atom. The van der Waals surface area contributed by atoms with Gasteiger partial charge in [-0.3, -0.25) is 4.79 Å². The molecule has 4 aromatic carbocycles. The topological polar surface area (TPSA) is 17.1 Å². The summed E-state index contributed by atoms with van der Waals surface area (Å²) in [6.45, 7) is 1.42. The molecule has 116 valence electrons. The van der Waals surface area contributed by atoms with Crippen LogP contribution in [0.25, 0.3) is 32.7 Å². The maximum absolute atomic E-state index is 11.9. The van der Waals surface area contributed by atoms with Crippen molar-refractivity contribution < 1.29 is 17.1 Å². The third-order valence-corrected chi connectivity index (χ3v) is 3.85. The molecule has 1 nitrogen and oxygen atoms in total. The highest BCUT2D eigenvalue weighted by molar-refractivity contribution is 6.14. The van der Waals surface area contributed by atoms with Crippen LogP contribution in [0.1, 0.15) is 24.8 Å². The van der Waals surface area contributed by atoms with E-state index in [0.29, 0.717) is 11.1 Å². The average Bonchev–Trinajstić information content (AvgIpc) is 2.78. The maximum Gasteiger partial charge on any atom is 0.134 e. The monoisotopic (exact) mass is 319 g/mol. The second-order valence-corrected chi connectivity index (χ2v) is 5.54. The molecule has 0 amide bonds. The van der Waals surface area contributed by atoms with Crippen LogP contribution in [-0.4, -0.2) is 5.78 Å². The summed E-state index contributed by atoms with van der Waals surface area (Å²) in [5.74, 6) is -0.136. The van der Waals surface area contributed by atoms with Crippen LogP contribution in [-0.2, 0) is 11.2 Å². The molecule has 0 aliphatic rings. The standard InChI is InChI=1S/C23H18O/c1-16(24)14-17-8-2-5-11-20(17)23-15-18-9-3-4-10-19(18)21-12-6-7-13-22(21)23/h2-13,15H,14H2,1H3/i3D,4D,6D,7D,9D,10D,12D,13D,15D. The molecule has 0 saturated heterocycles. The van der Waals surface area contributed by atoms with Gasteiger partial charge in [0.25, 0.3) is 0 Å². The van der Waals surface area contributed by atoms with E-state index in [1.807, 2.05) is 0 Å². The van der Waals surface area contributed by atoms with Crippen molar-refractivity contribution in [2.75, 3.05) is 0 Å². The molecular weight excluding hydrogens is 292 g/mol. The van der Waals surface area contributed by atoms with Crippen molar-refractivity contribution in [1.82, 2.24) is 0 Å². The minimum atomic E-state index is -0.551. The van der Waals surface area contributed by atoms with Crippen LogP contribution >= 0.6 is 0 Å². The van der Waals surface area contributed by atoms with Crippen LogP contribution < -0.4 is 0 Å². The molecule has 0 aromatic heterocycles. The van der Waals surface area contributed by atoms with Crippen molar-refractivity contribution in [2.24, 2.45) is 0 Å². The second-order valence-electron chi connectivity index (χ2n) is 5.54. The lowest BCUT2D eigenvalue weighted by molar-refractivity contribution is -0.116.